The molecule has 146 valence electrons. The Bertz CT molecular complexity index is 818. The molecule has 1 atom stereocenters. The van der Waals surface area contributed by atoms with Crippen LogP contribution in [0.3, 0.4) is 0 Å². The van der Waals surface area contributed by atoms with E-state index in [0.29, 0.717) is 32.1 Å². The van der Waals surface area contributed by atoms with Crippen LogP contribution >= 0.6 is 0 Å². The molecule has 1 unspecified atom stereocenters. The standard InChI is InChI=1S/C20H28N4O3/c1-6-26-18-17(21-15-9-7-8-10-16(15)22-18)23-11-12-24(14(2)13-23)19(25)27-20(3,4)5/h7-10,14H,6,11-13H2,1-5H3. The third-order valence-corrected chi connectivity index (χ3v) is 4.36. The molecule has 0 spiro atoms. The van der Waals surface area contributed by atoms with E-state index < -0.39 is 5.60 Å². The van der Waals surface area contributed by atoms with Crippen LogP contribution in [0.1, 0.15) is 34.6 Å². The number of fused-ring (bicyclic) bond motifs is 1. The molecule has 1 fully saturated rings. The Morgan fingerprint density at radius 3 is 2.44 bits per heavy atom. The van der Waals surface area contributed by atoms with E-state index in [9.17, 15) is 4.79 Å². The highest BCUT2D eigenvalue weighted by atomic mass is 16.6. The molecule has 0 saturated carbocycles. The second-order valence-electron chi connectivity index (χ2n) is 7.74. The number of ether oxygens (including phenoxy) is 2. The highest BCUT2D eigenvalue weighted by Crippen LogP contribution is 2.29. The Hall–Kier alpha value is -2.57. The molecule has 1 aromatic carbocycles. The Morgan fingerprint density at radius 1 is 1.19 bits per heavy atom. The van der Waals surface area contributed by atoms with E-state index in [1.807, 2.05) is 58.9 Å². The van der Waals surface area contributed by atoms with Crippen LogP contribution in [-0.4, -0.2) is 58.8 Å². The lowest BCUT2D eigenvalue weighted by Crippen LogP contribution is -2.55. The number of nitrogens with zero attached hydrogens (tertiary/aromatic N) is 4. The zero-order valence-corrected chi connectivity index (χ0v) is 16.7. The van der Waals surface area contributed by atoms with Crippen molar-refractivity contribution in [1.82, 2.24) is 14.9 Å². The fourth-order valence-electron chi connectivity index (χ4n) is 3.16. The first kappa shape index (κ1) is 19.2. The van der Waals surface area contributed by atoms with Crippen molar-refractivity contribution in [2.45, 2.75) is 46.3 Å². The van der Waals surface area contributed by atoms with Crippen LogP contribution in [0.2, 0.25) is 0 Å². The summed E-state index contributed by atoms with van der Waals surface area (Å²) in [6.07, 6.45) is -0.274. The minimum absolute atomic E-state index is 0.00338. The summed E-state index contributed by atoms with van der Waals surface area (Å²) < 4.78 is 11.3. The number of amides is 1. The van der Waals surface area contributed by atoms with Crippen molar-refractivity contribution >= 4 is 22.9 Å². The zero-order chi connectivity index (χ0) is 19.6. The maximum Gasteiger partial charge on any atom is 0.410 e. The van der Waals surface area contributed by atoms with E-state index in [0.717, 1.165) is 16.9 Å². The molecule has 0 bridgehead atoms. The van der Waals surface area contributed by atoms with Crippen LogP contribution in [0.5, 0.6) is 5.88 Å². The van der Waals surface area contributed by atoms with E-state index in [1.54, 1.807) is 4.90 Å². The summed E-state index contributed by atoms with van der Waals surface area (Å²) in [6, 6.07) is 7.76. The summed E-state index contributed by atoms with van der Waals surface area (Å²) in [6.45, 7) is 12.0. The largest absolute Gasteiger partial charge is 0.475 e. The van der Waals surface area contributed by atoms with Gasteiger partial charge in [-0.1, -0.05) is 12.1 Å². The average Bonchev–Trinajstić information content (AvgIpc) is 2.59. The summed E-state index contributed by atoms with van der Waals surface area (Å²) in [5, 5.41) is 0. The number of carbonyl (C=O) groups excluding carboxylic acids is 1. The van der Waals surface area contributed by atoms with E-state index in [2.05, 4.69) is 9.88 Å². The molecular weight excluding hydrogens is 344 g/mol. The third kappa shape index (κ3) is 4.40. The second-order valence-corrected chi connectivity index (χ2v) is 7.74. The molecule has 0 N–H and O–H groups in total. The van der Waals surface area contributed by atoms with Crippen LogP contribution in [0.4, 0.5) is 10.6 Å². The van der Waals surface area contributed by atoms with E-state index in [4.69, 9.17) is 14.5 Å². The molecule has 0 aliphatic carbocycles. The molecule has 1 aliphatic rings. The maximum atomic E-state index is 12.4. The predicted molar refractivity (Wildman–Crippen MR) is 105 cm³/mol. The first-order chi connectivity index (χ1) is 12.8. The van der Waals surface area contributed by atoms with Crippen LogP contribution in [0.25, 0.3) is 11.0 Å². The van der Waals surface area contributed by atoms with E-state index in [-0.39, 0.29) is 12.1 Å². The molecule has 1 aromatic heterocycles. The average molecular weight is 372 g/mol. The highest BCUT2D eigenvalue weighted by Gasteiger charge is 2.32. The lowest BCUT2D eigenvalue weighted by Gasteiger charge is -2.40. The molecule has 1 amide bonds. The summed E-state index contributed by atoms with van der Waals surface area (Å²) in [5.74, 6) is 1.26. The Kier molecular flexibility index (Phi) is 5.39. The SMILES string of the molecule is CCOc1nc2ccccc2nc1N1CCN(C(=O)OC(C)(C)C)C(C)C1. The third-order valence-electron chi connectivity index (χ3n) is 4.36. The van der Waals surface area contributed by atoms with Crippen LogP contribution in [0, 0.1) is 0 Å². The van der Waals surface area contributed by atoms with Crippen molar-refractivity contribution < 1.29 is 14.3 Å². The molecule has 3 rings (SSSR count). The lowest BCUT2D eigenvalue weighted by atomic mass is 10.2. The van der Waals surface area contributed by atoms with Gasteiger partial charge in [0.2, 0.25) is 0 Å². The van der Waals surface area contributed by atoms with E-state index in [1.165, 1.54) is 0 Å². The maximum absolute atomic E-state index is 12.4. The van der Waals surface area contributed by atoms with Crippen LogP contribution in [0.15, 0.2) is 24.3 Å². The number of aromatic nitrogens is 2. The van der Waals surface area contributed by atoms with Gasteiger partial charge in [-0.3, -0.25) is 0 Å². The fourth-order valence-corrected chi connectivity index (χ4v) is 3.16. The van der Waals surface area contributed by atoms with Crippen molar-refractivity contribution in [1.29, 1.82) is 0 Å². The number of anilines is 1. The van der Waals surface area contributed by atoms with E-state index >= 15 is 0 Å². The monoisotopic (exact) mass is 372 g/mol. The zero-order valence-electron chi connectivity index (χ0n) is 16.7. The van der Waals surface area contributed by atoms with Crippen molar-refractivity contribution in [2.24, 2.45) is 0 Å². The molecule has 27 heavy (non-hydrogen) atoms. The molecule has 1 aliphatic heterocycles. The van der Waals surface area contributed by atoms with Gasteiger partial charge in [0.25, 0.3) is 5.88 Å². The van der Waals surface area contributed by atoms with Crippen molar-refractivity contribution in [3.05, 3.63) is 24.3 Å². The number of hydrogen-bond acceptors (Lipinski definition) is 6. The molecule has 0 radical (unpaired) electrons. The summed E-state index contributed by atoms with van der Waals surface area (Å²) in [7, 11) is 0. The number of piperazine rings is 1. The topological polar surface area (TPSA) is 67.8 Å². The highest BCUT2D eigenvalue weighted by molar-refractivity contribution is 5.77. The number of hydrogen-bond donors (Lipinski definition) is 0. The summed E-state index contributed by atoms with van der Waals surface area (Å²) in [4.78, 5) is 25.8. The van der Waals surface area contributed by atoms with Gasteiger partial charge in [0, 0.05) is 25.7 Å². The number of carbonyl (C=O) groups is 1. The first-order valence-corrected chi connectivity index (χ1v) is 9.42. The van der Waals surface area contributed by atoms with Crippen LogP contribution in [-0.2, 0) is 4.74 Å². The normalized spacial score (nSPS) is 17.9. The predicted octanol–water partition coefficient (Wildman–Crippen LogP) is 3.47. The van der Waals surface area contributed by atoms with Crippen molar-refractivity contribution in [2.75, 3.05) is 31.1 Å². The Labute approximate surface area is 160 Å². The van der Waals surface area contributed by atoms with Gasteiger partial charge in [0.1, 0.15) is 5.60 Å². The number of para-hydroxylation sites is 2. The first-order valence-electron chi connectivity index (χ1n) is 9.42. The molecule has 2 heterocycles. The number of rotatable bonds is 3. The summed E-state index contributed by atoms with van der Waals surface area (Å²) >= 11 is 0. The molecule has 2 aromatic rings. The van der Waals surface area contributed by atoms with Gasteiger partial charge >= 0.3 is 6.09 Å². The number of benzene rings is 1. The minimum atomic E-state index is -0.500. The van der Waals surface area contributed by atoms with Crippen molar-refractivity contribution in [3.63, 3.8) is 0 Å². The summed E-state index contributed by atoms with van der Waals surface area (Å²) in [5.41, 5.74) is 1.14. The lowest BCUT2D eigenvalue weighted by molar-refractivity contribution is 0.0158. The molecule has 7 nitrogen and oxygen atoms in total. The molecule has 1 saturated heterocycles. The Morgan fingerprint density at radius 2 is 1.85 bits per heavy atom. The minimum Gasteiger partial charge on any atom is -0.475 e. The van der Waals surface area contributed by atoms with Gasteiger partial charge in [-0.25, -0.2) is 14.8 Å². The van der Waals surface area contributed by atoms with Gasteiger partial charge in [-0.15, -0.1) is 0 Å². The second kappa shape index (κ2) is 7.58. The fraction of sp³-hybridized carbons (Fsp3) is 0.550. The van der Waals surface area contributed by atoms with Gasteiger partial charge in [-0.2, -0.15) is 0 Å². The quantitative estimate of drug-likeness (QED) is 0.822. The van der Waals surface area contributed by atoms with Gasteiger partial charge in [0.05, 0.1) is 17.6 Å². The molecular formula is C20H28N4O3. The van der Waals surface area contributed by atoms with Crippen LogP contribution < -0.4 is 9.64 Å². The Balaban J connectivity index is 1.82. The molecule has 7 heteroatoms. The van der Waals surface area contributed by atoms with Gasteiger partial charge < -0.3 is 19.3 Å². The van der Waals surface area contributed by atoms with Gasteiger partial charge in [0.15, 0.2) is 5.82 Å². The van der Waals surface area contributed by atoms with Gasteiger partial charge in [-0.05, 0) is 46.8 Å². The smallest absolute Gasteiger partial charge is 0.410 e. The van der Waals surface area contributed by atoms with Crippen molar-refractivity contribution in [3.8, 4) is 5.88 Å².